The normalized spacial score (nSPS) is 17.5. The third-order valence-electron chi connectivity index (χ3n) is 5.14. The van der Waals surface area contributed by atoms with Crippen molar-refractivity contribution in [2.45, 2.75) is 50.2 Å². The average molecular weight is 380 g/mol. The minimum absolute atomic E-state index is 0. The average Bonchev–Trinajstić information content (AvgIpc) is 2.60. The molecule has 0 spiro atoms. The monoisotopic (exact) mass is 379 g/mol. The van der Waals surface area contributed by atoms with Crippen LogP contribution in [-0.4, -0.2) is 17.3 Å². The van der Waals surface area contributed by atoms with E-state index in [1.807, 2.05) is 24.3 Å². The van der Waals surface area contributed by atoms with Crippen LogP contribution in [0.4, 0.5) is 0 Å². The molecule has 0 radical (unpaired) electrons. The first-order chi connectivity index (χ1) is 11.7. The van der Waals surface area contributed by atoms with Gasteiger partial charge in [0.2, 0.25) is 0 Å². The number of rotatable bonds is 6. The number of aliphatic hydroxyl groups is 1. The summed E-state index contributed by atoms with van der Waals surface area (Å²) in [7, 11) is 0. The van der Waals surface area contributed by atoms with Gasteiger partial charge in [0, 0.05) is 24.0 Å². The maximum absolute atomic E-state index is 11.3. The Balaban J connectivity index is 0.00000225. The largest absolute Gasteiger partial charge is 0.389 e. The standard InChI is InChI=1S/C21H26ClNO.ClH/c22-19-11-7-10-18(14-19)20(21(24)12-5-2-6-13-21)16-23-15-17-8-3-1-4-9-17;/h1,3-4,7-11,14,20,23-24H,2,5-6,12-13,15-16H2;1H. The van der Waals surface area contributed by atoms with Crippen molar-refractivity contribution < 1.29 is 5.11 Å². The molecule has 1 unspecified atom stereocenters. The van der Waals surface area contributed by atoms with E-state index in [-0.39, 0.29) is 18.3 Å². The molecule has 0 bridgehead atoms. The Hall–Kier alpha value is -1.06. The van der Waals surface area contributed by atoms with Gasteiger partial charge in [0.25, 0.3) is 0 Å². The molecule has 1 atom stereocenters. The molecule has 2 nitrogen and oxygen atoms in total. The van der Waals surface area contributed by atoms with Crippen molar-refractivity contribution in [3.8, 4) is 0 Å². The number of nitrogens with one attached hydrogen (secondary N) is 1. The van der Waals surface area contributed by atoms with Crippen LogP contribution in [0.2, 0.25) is 5.02 Å². The predicted molar refractivity (Wildman–Crippen MR) is 108 cm³/mol. The predicted octanol–water partition coefficient (Wildman–Crippen LogP) is 5.33. The van der Waals surface area contributed by atoms with Crippen LogP contribution < -0.4 is 5.32 Å². The lowest BCUT2D eigenvalue weighted by atomic mass is 9.72. The van der Waals surface area contributed by atoms with Crippen molar-refractivity contribution in [2.24, 2.45) is 0 Å². The van der Waals surface area contributed by atoms with Gasteiger partial charge in [-0.25, -0.2) is 0 Å². The molecule has 1 aliphatic rings. The number of halogens is 2. The molecule has 1 saturated carbocycles. The Labute approximate surface area is 162 Å². The van der Waals surface area contributed by atoms with Crippen LogP contribution in [0.5, 0.6) is 0 Å². The number of hydrogen-bond acceptors (Lipinski definition) is 2. The zero-order valence-electron chi connectivity index (χ0n) is 14.5. The molecule has 0 saturated heterocycles. The van der Waals surface area contributed by atoms with E-state index in [2.05, 4.69) is 35.6 Å². The highest BCUT2D eigenvalue weighted by Crippen LogP contribution is 2.40. The van der Waals surface area contributed by atoms with E-state index in [0.717, 1.165) is 49.4 Å². The van der Waals surface area contributed by atoms with E-state index in [0.29, 0.717) is 0 Å². The lowest BCUT2D eigenvalue weighted by molar-refractivity contribution is -0.0216. The van der Waals surface area contributed by atoms with Gasteiger partial charge in [-0.1, -0.05) is 73.3 Å². The first kappa shape index (κ1) is 20.3. The van der Waals surface area contributed by atoms with Crippen LogP contribution in [0.25, 0.3) is 0 Å². The maximum Gasteiger partial charge on any atom is 0.0728 e. The van der Waals surface area contributed by atoms with Gasteiger partial charge in [0.05, 0.1) is 5.60 Å². The van der Waals surface area contributed by atoms with E-state index in [9.17, 15) is 5.11 Å². The Morgan fingerprint density at radius 2 is 1.72 bits per heavy atom. The maximum atomic E-state index is 11.3. The van der Waals surface area contributed by atoms with Crippen LogP contribution in [0.15, 0.2) is 54.6 Å². The molecule has 0 amide bonds. The lowest BCUT2D eigenvalue weighted by Crippen LogP contribution is -2.43. The lowest BCUT2D eigenvalue weighted by Gasteiger charge is -2.40. The molecular formula is C21H27Cl2NO. The number of benzene rings is 2. The minimum atomic E-state index is -0.632. The van der Waals surface area contributed by atoms with Gasteiger partial charge in [0.1, 0.15) is 0 Å². The second kappa shape index (κ2) is 9.59. The second-order valence-electron chi connectivity index (χ2n) is 6.89. The van der Waals surface area contributed by atoms with Crippen molar-refractivity contribution in [3.05, 3.63) is 70.7 Å². The van der Waals surface area contributed by atoms with Crippen molar-refractivity contribution in [3.63, 3.8) is 0 Å². The summed E-state index contributed by atoms with van der Waals surface area (Å²) < 4.78 is 0. The fourth-order valence-corrected chi connectivity index (χ4v) is 4.01. The molecule has 2 N–H and O–H groups in total. The van der Waals surface area contributed by atoms with Gasteiger partial charge in [-0.3, -0.25) is 0 Å². The number of hydrogen-bond donors (Lipinski definition) is 2. The van der Waals surface area contributed by atoms with Gasteiger partial charge in [-0.2, -0.15) is 0 Å². The smallest absolute Gasteiger partial charge is 0.0728 e. The van der Waals surface area contributed by atoms with E-state index >= 15 is 0 Å². The molecule has 2 aromatic carbocycles. The Kier molecular flexibility index (Phi) is 7.77. The molecule has 0 aromatic heterocycles. The van der Waals surface area contributed by atoms with Gasteiger partial charge >= 0.3 is 0 Å². The fourth-order valence-electron chi connectivity index (χ4n) is 3.81. The zero-order valence-corrected chi connectivity index (χ0v) is 16.0. The SMILES string of the molecule is Cl.OC1(C(CNCc2ccccc2)c2cccc(Cl)c2)CCCCC1. The summed E-state index contributed by atoms with van der Waals surface area (Å²) in [5.41, 5.74) is 1.76. The Morgan fingerprint density at radius 1 is 1.00 bits per heavy atom. The summed E-state index contributed by atoms with van der Waals surface area (Å²) >= 11 is 6.20. The van der Waals surface area contributed by atoms with Crippen LogP contribution in [0, 0.1) is 0 Å². The highest BCUT2D eigenvalue weighted by atomic mass is 35.5. The highest BCUT2D eigenvalue weighted by Gasteiger charge is 2.38. The molecule has 3 rings (SSSR count). The summed E-state index contributed by atoms with van der Waals surface area (Å²) in [6.45, 7) is 1.57. The molecule has 2 aromatic rings. The first-order valence-corrected chi connectivity index (χ1v) is 9.28. The third-order valence-corrected chi connectivity index (χ3v) is 5.37. The summed E-state index contributed by atoms with van der Waals surface area (Å²) in [4.78, 5) is 0. The van der Waals surface area contributed by atoms with E-state index in [4.69, 9.17) is 11.6 Å². The van der Waals surface area contributed by atoms with Crippen molar-refractivity contribution in [2.75, 3.05) is 6.54 Å². The minimum Gasteiger partial charge on any atom is -0.389 e. The van der Waals surface area contributed by atoms with Crippen molar-refractivity contribution in [1.82, 2.24) is 5.32 Å². The topological polar surface area (TPSA) is 32.3 Å². The quantitative estimate of drug-likeness (QED) is 0.710. The summed E-state index contributed by atoms with van der Waals surface area (Å²) in [5.74, 6) is 0.0696. The second-order valence-corrected chi connectivity index (χ2v) is 7.32. The van der Waals surface area contributed by atoms with Crippen LogP contribution >= 0.6 is 24.0 Å². The summed E-state index contributed by atoms with van der Waals surface area (Å²) in [6, 6.07) is 18.4. The van der Waals surface area contributed by atoms with E-state index in [1.165, 1.54) is 12.0 Å². The van der Waals surface area contributed by atoms with Gasteiger partial charge in [-0.15, -0.1) is 12.4 Å². The molecule has 136 valence electrons. The molecule has 4 heteroatoms. The third kappa shape index (κ3) is 5.46. The molecule has 1 aliphatic carbocycles. The van der Waals surface area contributed by atoms with Crippen molar-refractivity contribution in [1.29, 1.82) is 0 Å². The fraction of sp³-hybridized carbons (Fsp3) is 0.429. The van der Waals surface area contributed by atoms with Crippen LogP contribution in [0.3, 0.4) is 0 Å². The van der Waals surface area contributed by atoms with Gasteiger partial charge in [0.15, 0.2) is 0 Å². The first-order valence-electron chi connectivity index (χ1n) is 8.90. The Bertz CT molecular complexity index is 641. The zero-order chi connectivity index (χ0) is 16.8. The summed E-state index contributed by atoms with van der Waals surface area (Å²) in [6.07, 6.45) is 5.18. The van der Waals surface area contributed by atoms with E-state index in [1.54, 1.807) is 0 Å². The molecule has 0 aliphatic heterocycles. The van der Waals surface area contributed by atoms with Gasteiger partial charge < -0.3 is 10.4 Å². The highest BCUT2D eigenvalue weighted by molar-refractivity contribution is 6.30. The van der Waals surface area contributed by atoms with Crippen molar-refractivity contribution >= 4 is 24.0 Å². The van der Waals surface area contributed by atoms with Crippen LogP contribution in [-0.2, 0) is 6.54 Å². The molecule has 1 fully saturated rings. The van der Waals surface area contributed by atoms with E-state index < -0.39 is 5.60 Å². The Morgan fingerprint density at radius 3 is 2.40 bits per heavy atom. The van der Waals surface area contributed by atoms with Crippen LogP contribution in [0.1, 0.15) is 49.1 Å². The molecule has 25 heavy (non-hydrogen) atoms. The molecular weight excluding hydrogens is 353 g/mol. The molecule has 0 heterocycles. The summed E-state index contributed by atoms with van der Waals surface area (Å²) in [5, 5.41) is 15.6. The van der Waals surface area contributed by atoms with Gasteiger partial charge in [-0.05, 0) is 36.1 Å².